The number of rotatable bonds is 2. The summed E-state index contributed by atoms with van der Waals surface area (Å²) in [6.07, 6.45) is 2.91. The molecule has 2 aliphatic carbocycles. The van der Waals surface area contributed by atoms with E-state index in [1.54, 1.807) is 17.0 Å². The number of amides is 2. The van der Waals surface area contributed by atoms with Gasteiger partial charge in [0.05, 0.1) is 5.41 Å². The van der Waals surface area contributed by atoms with Gasteiger partial charge in [-0.2, -0.15) is 0 Å². The van der Waals surface area contributed by atoms with Crippen molar-refractivity contribution in [1.29, 1.82) is 0 Å². The molecule has 2 atom stereocenters. The number of nitrogens with zero attached hydrogens (tertiary/aromatic N) is 2. The summed E-state index contributed by atoms with van der Waals surface area (Å²) in [4.78, 5) is 29.6. The van der Waals surface area contributed by atoms with Crippen LogP contribution in [-0.4, -0.2) is 47.8 Å². The third-order valence-corrected chi connectivity index (χ3v) is 7.23. The highest BCUT2D eigenvalue weighted by atomic mass is 19.1. The molecular weight excluding hydrogens is 343 g/mol. The zero-order chi connectivity index (χ0) is 19.4. The molecule has 2 unspecified atom stereocenters. The fraction of sp³-hybridized carbons (Fsp3) is 0.545. The fourth-order valence-corrected chi connectivity index (χ4v) is 5.34. The molecule has 0 N–H and O–H groups in total. The number of carbonyl (C=O) groups excluding carboxylic acids is 2. The first-order chi connectivity index (χ1) is 12.8. The lowest BCUT2D eigenvalue weighted by Crippen LogP contribution is -2.54. The highest BCUT2D eigenvalue weighted by molar-refractivity contribution is 5.94. The van der Waals surface area contributed by atoms with Crippen LogP contribution >= 0.6 is 0 Å². The minimum Gasteiger partial charge on any atom is -0.338 e. The smallest absolute Gasteiger partial charge is 0.254 e. The fourth-order valence-electron chi connectivity index (χ4n) is 5.34. The number of benzene rings is 1. The Kier molecular flexibility index (Phi) is 4.17. The van der Waals surface area contributed by atoms with Crippen molar-refractivity contribution in [2.75, 3.05) is 26.2 Å². The van der Waals surface area contributed by atoms with E-state index in [4.69, 9.17) is 0 Å². The Morgan fingerprint density at radius 2 is 1.81 bits per heavy atom. The highest BCUT2D eigenvalue weighted by Gasteiger charge is 2.61. The molecule has 1 saturated heterocycles. The molecule has 0 spiro atoms. The standard InChI is InChI=1S/C22H27FN2O2/c1-15-21(2,3)17-7-8-22(15,14-17)20(27)25-11-9-24(10-12-25)19(26)16-5-4-6-18(23)13-16/h4-6,13,17H,1,7-12,14H2,2-3H3. The minimum absolute atomic E-state index is 0.0308. The number of fused-ring (bicyclic) bond motifs is 2. The molecule has 2 amide bonds. The van der Waals surface area contributed by atoms with E-state index >= 15 is 0 Å². The van der Waals surface area contributed by atoms with E-state index < -0.39 is 11.2 Å². The van der Waals surface area contributed by atoms with E-state index in [2.05, 4.69) is 20.4 Å². The molecular formula is C22H27FN2O2. The van der Waals surface area contributed by atoms with Crippen LogP contribution in [0.3, 0.4) is 0 Å². The van der Waals surface area contributed by atoms with Gasteiger partial charge in [-0.15, -0.1) is 0 Å². The van der Waals surface area contributed by atoms with Gasteiger partial charge in [0.2, 0.25) is 5.91 Å². The zero-order valence-corrected chi connectivity index (χ0v) is 16.1. The van der Waals surface area contributed by atoms with Gasteiger partial charge in [0.15, 0.2) is 0 Å². The summed E-state index contributed by atoms with van der Waals surface area (Å²) in [5.74, 6) is 0.155. The number of hydrogen-bond acceptors (Lipinski definition) is 2. The van der Waals surface area contributed by atoms with Gasteiger partial charge in [0.1, 0.15) is 5.82 Å². The van der Waals surface area contributed by atoms with Crippen molar-refractivity contribution in [2.45, 2.75) is 33.1 Å². The Morgan fingerprint density at radius 1 is 1.15 bits per heavy atom. The van der Waals surface area contributed by atoms with Crippen molar-refractivity contribution in [3.8, 4) is 0 Å². The van der Waals surface area contributed by atoms with Crippen LogP contribution < -0.4 is 0 Å². The molecule has 0 aromatic heterocycles. The van der Waals surface area contributed by atoms with Crippen LogP contribution in [0, 0.1) is 22.6 Å². The molecule has 1 heterocycles. The van der Waals surface area contributed by atoms with Crippen molar-refractivity contribution < 1.29 is 14.0 Å². The highest BCUT2D eigenvalue weighted by Crippen LogP contribution is 2.65. The molecule has 4 nitrogen and oxygen atoms in total. The van der Waals surface area contributed by atoms with Crippen LogP contribution in [0.2, 0.25) is 0 Å². The van der Waals surface area contributed by atoms with Crippen LogP contribution in [0.4, 0.5) is 4.39 Å². The van der Waals surface area contributed by atoms with Gasteiger partial charge >= 0.3 is 0 Å². The molecule has 4 rings (SSSR count). The molecule has 1 aromatic carbocycles. The Morgan fingerprint density at radius 3 is 2.41 bits per heavy atom. The summed E-state index contributed by atoms with van der Waals surface area (Å²) < 4.78 is 13.4. The monoisotopic (exact) mass is 370 g/mol. The van der Waals surface area contributed by atoms with E-state index in [1.165, 1.54) is 12.1 Å². The van der Waals surface area contributed by atoms with Crippen molar-refractivity contribution in [3.63, 3.8) is 0 Å². The molecule has 1 aromatic rings. The van der Waals surface area contributed by atoms with Crippen LogP contribution in [-0.2, 0) is 4.79 Å². The van der Waals surface area contributed by atoms with Gasteiger partial charge in [-0.05, 0) is 48.8 Å². The molecule has 5 heteroatoms. The third kappa shape index (κ3) is 2.70. The lowest BCUT2D eigenvalue weighted by Gasteiger charge is -2.42. The van der Waals surface area contributed by atoms with Gasteiger partial charge in [0, 0.05) is 31.7 Å². The summed E-state index contributed by atoms with van der Waals surface area (Å²) >= 11 is 0. The first-order valence-electron chi connectivity index (χ1n) is 9.80. The largest absolute Gasteiger partial charge is 0.338 e. The Balaban J connectivity index is 1.43. The first-order valence-corrected chi connectivity index (χ1v) is 9.80. The summed E-state index contributed by atoms with van der Waals surface area (Å²) in [5, 5.41) is 0. The van der Waals surface area contributed by atoms with Crippen LogP contribution in [0.15, 0.2) is 36.4 Å². The maximum Gasteiger partial charge on any atom is 0.254 e. The lowest BCUT2D eigenvalue weighted by atomic mass is 9.68. The van der Waals surface area contributed by atoms with E-state index in [0.717, 1.165) is 24.8 Å². The Bertz CT molecular complexity index is 810. The van der Waals surface area contributed by atoms with Gasteiger partial charge in [-0.3, -0.25) is 9.59 Å². The molecule has 27 heavy (non-hydrogen) atoms. The van der Waals surface area contributed by atoms with E-state index in [1.807, 2.05) is 4.90 Å². The number of carbonyl (C=O) groups is 2. The third-order valence-electron chi connectivity index (χ3n) is 7.23. The minimum atomic E-state index is -0.410. The summed E-state index contributed by atoms with van der Waals surface area (Å²) in [7, 11) is 0. The van der Waals surface area contributed by atoms with Crippen molar-refractivity contribution in [2.24, 2.45) is 16.7 Å². The van der Waals surface area contributed by atoms with E-state index in [9.17, 15) is 14.0 Å². The molecule has 2 saturated carbocycles. The zero-order valence-electron chi connectivity index (χ0n) is 16.1. The molecule has 2 bridgehead atoms. The molecule has 0 radical (unpaired) electrons. The maximum absolute atomic E-state index is 13.4. The topological polar surface area (TPSA) is 40.6 Å². The Labute approximate surface area is 160 Å². The normalized spacial score (nSPS) is 29.3. The summed E-state index contributed by atoms with van der Waals surface area (Å²) in [6, 6.07) is 5.77. The van der Waals surface area contributed by atoms with Gasteiger partial charge in [0.25, 0.3) is 5.91 Å². The van der Waals surface area contributed by atoms with E-state index in [0.29, 0.717) is 37.7 Å². The predicted molar refractivity (Wildman–Crippen MR) is 102 cm³/mol. The SMILES string of the molecule is C=C1C2(C(=O)N3CCN(C(=O)c4cccc(F)c4)CC3)CCC(C2)C1(C)C. The molecule has 3 aliphatic rings. The van der Waals surface area contributed by atoms with Gasteiger partial charge < -0.3 is 9.80 Å². The summed E-state index contributed by atoms with van der Waals surface area (Å²) in [5.41, 5.74) is 1.08. The van der Waals surface area contributed by atoms with Crippen LogP contribution in [0.25, 0.3) is 0 Å². The lowest BCUT2D eigenvalue weighted by molar-refractivity contribution is -0.141. The first kappa shape index (κ1) is 18.2. The summed E-state index contributed by atoms with van der Waals surface area (Å²) in [6.45, 7) is 10.8. The molecule has 1 aliphatic heterocycles. The molecule has 144 valence electrons. The second kappa shape index (κ2) is 6.18. The number of halogens is 1. The van der Waals surface area contributed by atoms with Crippen molar-refractivity contribution in [3.05, 3.63) is 47.8 Å². The molecule has 3 fully saturated rings. The number of hydrogen-bond donors (Lipinski definition) is 0. The second-order valence-corrected chi connectivity index (χ2v) is 8.82. The van der Waals surface area contributed by atoms with E-state index in [-0.39, 0.29) is 17.2 Å². The second-order valence-electron chi connectivity index (χ2n) is 8.82. The Hall–Kier alpha value is -2.17. The van der Waals surface area contributed by atoms with Crippen molar-refractivity contribution >= 4 is 11.8 Å². The quantitative estimate of drug-likeness (QED) is 0.748. The maximum atomic E-state index is 13.4. The average molecular weight is 370 g/mol. The number of piperazine rings is 1. The predicted octanol–water partition coefficient (Wildman–Crippen LogP) is 3.49. The van der Waals surface area contributed by atoms with Gasteiger partial charge in [-0.1, -0.05) is 32.1 Å². The average Bonchev–Trinajstić information content (AvgIpc) is 3.20. The van der Waals surface area contributed by atoms with Crippen LogP contribution in [0.5, 0.6) is 0 Å². The van der Waals surface area contributed by atoms with Gasteiger partial charge in [-0.25, -0.2) is 4.39 Å². The van der Waals surface area contributed by atoms with Crippen LogP contribution in [0.1, 0.15) is 43.5 Å². The van der Waals surface area contributed by atoms with Crippen molar-refractivity contribution in [1.82, 2.24) is 9.80 Å².